The molecule has 8 nitrogen and oxygen atoms in total. The molecule has 1 atom stereocenters. The van der Waals surface area contributed by atoms with E-state index in [0.29, 0.717) is 43.5 Å². The maximum Gasteiger partial charge on any atom is 0.219 e. The topological polar surface area (TPSA) is 116 Å². The molecule has 1 unspecified atom stereocenters. The van der Waals surface area contributed by atoms with E-state index >= 15 is 0 Å². The van der Waals surface area contributed by atoms with Crippen molar-refractivity contribution in [1.82, 2.24) is 13.6 Å². The zero-order valence-electron chi connectivity index (χ0n) is 17.3. The Hall–Kier alpha value is -2.41. The summed E-state index contributed by atoms with van der Waals surface area (Å²) in [7, 11) is 0. The fourth-order valence-electron chi connectivity index (χ4n) is 3.42. The summed E-state index contributed by atoms with van der Waals surface area (Å²) in [5.74, 6) is 0.888. The van der Waals surface area contributed by atoms with Gasteiger partial charge in [0.2, 0.25) is 11.0 Å². The molecule has 0 saturated carbocycles. The minimum atomic E-state index is -1.40. The Morgan fingerprint density at radius 3 is 2.57 bits per heavy atom. The van der Waals surface area contributed by atoms with Gasteiger partial charge in [-0.2, -0.15) is 14.0 Å². The highest BCUT2D eigenvalue weighted by molar-refractivity contribution is 7.13. The number of benzene rings is 1. The van der Waals surface area contributed by atoms with Gasteiger partial charge in [-0.25, -0.2) is 0 Å². The van der Waals surface area contributed by atoms with E-state index in [4.69, 9.17) is 10.00 Å². The zero-order valence-corrected chi connectivity index (χ0v) is 18.1. The molecule has 2 aromatic rings. The number of H-pyrrole nitrogens is 2. The lowest BCUT2D eigenvalue weighted by Crippen LogP contribution is -2.29. The van der Waals surface area contributed by atoms with Crippen molar-refractivity contribution in [2.45, 2.75) is 45.1 Å². The van der Waals surface area contributed by atoms with Gasteiger partial charge < -0.3 is 9.29 Å². The molecule has 0 bridgehead atoms. The molecule has 9 heteroatoms. The molecule has 0 aliphatic carbocycles. The number of nitriles is 1. The molecule has 162 valence electrons. The Kier molecular flexibility index (Phi) is 9.15. The molecule has 0 amide bonds. The number of aromatic amines is 2. The highest BCUT2D eigenvalue weighted by atomic mass is 32.2. The molecule has 0 radical (unpaired) electrons. The zero-order chi connectivity index (χ0) is 21.0. The molecule has 1 aliphatic heterocycles. The molecule has 2 heterocycles. The van der Waals surface area contributed by atoms with E-state index in [9.17, 15) is 4.55 Å². The van der Waals surface area contributed by atoms with E-state index in [1.807, 2.05) is 12.1 Å². The summed E-state index contributed by atoms with van der Waals surface area (Å²) in [6.07, 6.45) is 5.81. The SMILES string of the molecule is N#CCCCN=c1[nH][s+]([O-])[nH]c1=NCCCOc1cccc(CN2CCCCC2)c1. The quantitative estimate of drug-likeness (QED) is 0.445. The minimum Gasteiger partial charge on any atom is -0.549 e. The van der Waals surface area contributed by atoms with Crippen LogP contribution < -0.4 is 15.7 Å². The standard InChI is InChI=1S/C21H30N6O2S/c22-10-2-3-11-23-20-21(26-30(28)25-20)24-12-7-15-29-19-9-6-8-18(16-19)17-27-13-4-1-5-14-27/h6,8-9,16H,1-5,7,11-15,17H2,(H,23,25)(H,24,26). The molecule has 1 aliphatic rings. The average molecular weight is 431 g/mol. The van der Waals surface area contributed by atoms with Crippen molar-refractivity contribution in [2.75, 3.05) is 32.8 Å². The number of piperidine rings is 1. The van der Waals surface area contributed by atoms with Crippen LogP contribution >= 0.6 is 11.1 Å². The van der Waals surface area contributed by atoms with Crippen LogP contribution in [0.4, 0.5) is 0 Å². The smallest absolute Gasteiger partial charge is 0.219 e. The number of rotatable bonds is 10. The molecule has 0 spiro atoms. The van der Waals surface area contributed by atoms with Gasteiger partial charge in [-0.1, -0.05) is 18.6 Å². The van der Waals surface area contributed by atoms with Crippen molar-refractivity contribution in [3.63, 3.8) is 0 Å². The second-order valence-electron chi connectivity index (χ2n) is 7.38. The average Bonchev–Trinajstić information content (AvgIpc) is 3.11. The minimum absolute atomic E-state index is 0.455. The van der Waals surface area contributed by atoms with Crippen LogP contribution in [0.25, 0.3) is 0 Å². The summed E-state index contributed by atoms with van der Waals surface area (Å²) in [6.45, 7) is 4.97. The van der Waals surface area contributed by atoms with Crippen LogP contribution in [0.1, 0.15) is 44.1 Å². The molecule has 1 saturated heterocycles. The number of ether oxygens (including phenoxy) is 1. The van der Waals surface area contributed by atoms with Crippen LogP contribution in [0.3, 0.4) is 0 Å². The van der Waals surface area contributed by atoms with Crippen molar-refractivity contribution in [3.8, 4) is 11.8 Å². The van der Waals surface area contributed by atoms with E-state index in [1.165, 1.54) is 37.9 Å². The van der Waals surface area contributed by atoms with Gasteiger partial charge in [-0.05, 0) is 50.0 Å². The van der Waals surface area contributed by atoms with Gasteiger partial charge in [0.05, 0.1) is 12.7 Å². The molecule has 30 heavy (non-hydrogen) atoms. The predicted molar refractivity (Wildman–Crippen MR) is 115 cm³/mol. The molecular weight excluding hydrogens is 400 g/mol. The van der Waals surface area contributed by atoms with Crippen LogP contribution in [0, 0.1) is 11.3 Å². The van der Waals surface area contributed by atoms with Gasteiger partial charge in [-0.3, -0.25) is 14.9 Å². The van der Waals surface area contributed by atoms with Gasteiger partial charge >= 0.3 is 0 Å². The Morgan fingerprint density at radius 1 is 1.10 bits per heavy atom. The lowest BCUT2D eigenvalue weighted by molar-refractivity contribution is 0.220. The highest BCUT2D eigenvalue weighted by Crippen LogP contribution is 2.17. The van der Waals surface area contributed by atoms with E-state index in [1.54, 1.807) is 0 Å². The first-order valence-corrected chi connectivity index (χ1v) is 11.7. The van der Waals surface area contributed by atoms with Crippen molar-refractivity contribution in [3.05, 3.63) is 40.8 Å². The second-order valence-corrected chi connectivity index (χ2v) is 8.33. The van der Waals surface area contributed by atoms with Crippen LogP contribution in [0.5, 0.6) is 5.75 Å². The van der Waals surface area contributed by atoms with Gasteiger partial charge in [0.1, 0.15) is 16.9 Å². The molecule has 1 fully saturated rings. The number of aromatic nitrogens is 2. The molecular formula is C21H30N6O2S. The van der Waals surface area contributed by atoms with Gasteiger partial charge in [0.15, 0.2) is 0 Å². The van der Waals surface area contributed by atoms with Crippen molar-refractivity contribution in [1.29, 1.82) is 5.26 Å². The Labute approximate surface area is 180 Å². The van der Waals surface area contributed by atoms with E-state index in [-0.39, 0.29) is 0 Å². The number of nitrogens with zero attached hydrogens (tertiary/aromatic N) is 4. The van der Waals surface area contributed by atoms with Crippen LogP contribution in [0.2, 0.25) is 0 Å². The lowest BCUT2D eigenvalue weighted by atomic mass is 10.1. The number of hydrogen-bond donors (Lipinski definition) is 2. The maximum atomic E-state index is 11.6. The molecule has 1 aromatic heterocycles. The van der Waals surface area contributed by atoms with Crippen LogP contribution in [0.15, 0.2) is 34.3 Å². The summed E-state index contributed by atoms with van der Waals surface area (Å²) in [5.41, 5.74) is 2.29. The van der Waals surface area contributed by atoms with Crippen LogP contribution in [-0.2, 0) is 6.54 Å². The summed E-state index contributed by atoms with van der Waals surface area (Å²) >= 11 is -1.40. The van der Waals surface area contributed by atoms with Gasteiger partial charge in [0.25, 0.3) is 0 Å². The fourth-order valence-corrected chi connectivity index (χ4v) is 4.14. The normalized spacial score (nSPS) is 16.6. The first-order chi connectivity index (χ1) is 14.7. The van der Waals surface area contributed by atoms with E-state index in [2.05, 4.69) is 41.8 Å². The third-order valence-electron chi connectivity index (χ3n) is 4.91. The monoisotopic (exact) mass is 430 g/mol. The summed E-state index contributed by atoms with van der Waals surface area (Å²) in [6, 6.07) is 10.4. The molecule has 3 rings (SSSR count). The molecule has 1 aromatic carbocycles. The first-order valence-electron chi connectivity index (χ1n) is 10.6. The fraction of sp³-hybridized carbons (Fsp3) is 0.571. The third-order valence-corrected chi connectivity index (χ3v) is 5.67. The second kappa shape index (κ2) is 12.3. The summed E-state index contributed by atoms with van der Waals surface area (Å²) < 4.78 is 23.1. The summed E-state index contributed by atoms with van der Waals surface area (Å²) in [5, 5.41) is 8.58. The first kappa shape index (κ1) is 22.3. The Morgan fingerprint density at radius 2 is 1.83 bits per heavy atom. The van der Waals surface area contributed by atoms with Gasteiger partial charge in [-0.15, -0.1) is 0 Å². The number of hydrogen-bond acceptors (Lipinski definition) is 6. The van der Waals surface area contributed by atoms with E-state index < -0.39 is 11.1 Å². The largest absolute Gasteiger partial charge is 0.549 e. The Bertz CT molecular complexity index is 949. The summed E-state index contributed by atoms with van der Waals surface area (Å²) in [4.78, 5) is 11.3. The number of likely N-dealkylation sites (tertiary alicyclic amines) is 1. The van der Waals surface area contributed by atoms with E-state index in [0.717, 1.165) is 18.7 Å². The molecule has 2 N–H and O–H groups in total. The highest BCUT2D eigenvalue weighted by Gasteiger charge is 2.10. The van der Waals surface area contributed by atoms with Crippen molar-refractivity contribution >= 4 is 11.1 Å². The number of unbranched alkanes of at least 4 members (excludes halogenated alkanes) is 1. The van der Waals surface area contributed by atoms with Gasteiger partial charge in [0, 0.05) is 32.5 Å². The maximum absolute atomic E-state index is 11.6. The third kappa shape index (κ3) is 7.44. The lowest BCUT2D eigenvalue weighted by Gasteiger charge is -2.26. The number of nitrogens with one attached hydrogen (secondary N) is 2. The van der Waals surface area contributed by atoms with Crippen molar-refractivity contribution in [2.24, 2.45) is 9.98 Å². The predicted octanol–water partition coefficient (Wildman–Crippen LogP) is 2.63. The van der Waals surface area contributed by atoms with Crippen molar-refractivity contribution < 1.29 is 9.29 Å². The van der Waals surface area contributed by atoms with Crippen LogP contribution in [-0.4, -0.2) is 51.0 Å². The Balaban J connectivity index is 1.46.